The number of fused-ring (bicyclic) bond motifs is 1. The zero-order chi connectivity index (χ0) is 19.2. The van der Waals surface area contributed by atoms with Gasteiger partial charge in [-0.15, -0.1) is 0 Å². The summed E-state index contributed by atoms with van der Waals surface area (Å²) < 4.78 is 11.5. The third kappa shape index (κ3) is 5.37. The average Bonchev–Trinajstić information content (AvgIpc) is 2.67. The fourth-order valence-electron chi connectivity index (χ4n) is 3.07. The highest BCUT2D eigenvalue weighted by Crippen LogP contribution is 2.30. The second kappa shape index (κ2) is 9.11. The molecule has 0 radical (unpaired) electrons. The van der Waals surface area contributed by atoms with Crippen LogP contribution in [0.1, 0.15) is 25.5 Å². The summed E-state index contributed by atoms with van der Waals surface area (Å²) in [6, 6.07) is 15.3. The molecule has 6 heteroatoms. The first-order valence-electron chi connectivity index (χ1n) is 9.17. The molecule has 5 nitrogen and oxygen atoms in total. The highest BCUT2D eigenvalue weighted by molar-refractivity contribution is 6.30. The van der Waals surface area contributed by atoms with Gasteiger partial charge in [0.05, 0.1) is 13.1 Å². The van der Waals surface area contributed by atoms with Crippen molar-refractivity contribution in [3.8, 4) is 11.5 Å². The monoisotopic (exact) mass is 388 g/mol. The van der Waals surface area contributed by atoms with Crippen LogP contribution in [-0.4, -0.2) is 31.7 Å². The molecule has 1 amide bonds. The Morgan fingerprint density at radius 1 is 1.15 bits per heavy atom. The Kier molecular flexibility index (Phi) is 6.58. The number of para-hydroxylation sites is 2. The van der Waals surface area contributed by atoms with Crippen molar-refractivity contribution in [1.82, 2.24) is 10.6 Å². The van der Waals surface area contributed by atoms with Gasteiger partial charge >= 0.3 is 0 Å². The summed E-state index contributed by atoms with van der Waals surface area (Å²) in [4.78, 5) is 12.3. The van der Waals surface area contributed by atoms with Gasteiger partial charge in [0.25, 0.3) is 0 Å². The molecule has 0 spiro atoms. The highest BCUT2D eigenvalue weighted by Gasteiger charge is 2.21. The van der Waals surface area contributed by atoms with Crippen molar-refractivity contribution in [2.75, 3.05) is 19.7 Å². The van der Waals surface area contributed by atoms with E-state index < -0.39 is 0 Å². The Morgan fingerprint density at radius 3 is 2.56 bits per heavy atom. The molecule has 0 bridgehead atoms. The predicted molar refractivity (Wildman–Crippen MR) is 106 cm³/mol. The number of benzene rings is 2. The summed E-state index contributed by atoms with van der Waals surface area (Å²) in [6.45, 7) is 5.30. The number of carbonyl (C=O) groups excluding carboxylic acids is 1. The number of carbonyl (C=O) groups is 1. The minimum Gasteiger partial charge on any atom is -0.486 e. The van der Waals surface area contributed by atoms with E-state index in [1.54, 1.807) is 0 Å². The topological polar surface area (TPSA) is 59.6 Å². The molecular formula is C21H25ClN2O3. The van der Waals surface area contributed by atoms with Gasteiger partial charge < -0.3 is 20.1 Å². The van der Waals surface area contributed by atoms with Gasteiger partial charge in [-0.05, 0) is 35.7 Å². The molecule has 144 valence electrons. The fraction of sp³-hybridized carbons (Fsp3) is 0.381. The molecule has 2 unspecified atom stereocenters. The number of amides is 1. The SMILES string of the molecule is CC(C)C(NCC(=O)NCC1COc2ccccc2O1)c1ccc(Cl)cc1. The normalized spacial score (nSPS) is 16.8. The number of nitrogens with one attached hydrogen (secondary N) is 2. The van der Waals surface area contributed by atoms with Crippen molar-refractivity contribution >= 4 is 17.5 Å². The standard InChI is InChI=1S/C21H25ClN2O3/c1-14(2)21(15-7-9-16(22)10-8-15)24-12-20(25)23-11-17-13-26-18-5-3-4-6-19(18)27-17/h3-10,14,17,21,24H,11-13H2,1-2H3,(H,23,25). The van der Waals surface area contributed by atoms with E-state index in [1.165, 1.54) is 0 Å². The molecule has 0 aliphatic carbocycles. The third-order valence-electron chi connectivity index (χ3n) is 4.47. The molecule has 1 heterocycles. The predicted octanol–water partition coefficient (Wildman–Crippen LogP) is 3.58. The summed E-state index contributed by atoms with van der Waals surface area (Å²) in [7, 11) is 0. The van der Waals surface area contributed by atoms with E-state index >= 15 is 0 Å². The van der Waals surface area contributed by atoms with Crippen molar-refractivity contribution in [1.29, 1.82) is 0 Å². The quantitative estimate of drug-likeness (QED) is 0.761. The van der Waals surface area contributed by atoms with Gasteiger partial charge in [0.2, 0.25) is 5.91 Å². The molecule has 2 aromatic rings. The van der Waals surface area contributed by atoms with Crippen LogP contribution in [0.25, 0.3) is 0 Å². The lowest BCUT2D eigenvalue weighted by molar-refractivity contribution is -0.120. The van der Waals surface area contributed by atoms with Crippen LogP contribution < -0.4 is 20.1 Å². The Bertz CT molecular complexity index is 764. The van der Waals surface area contributed by atoms with Gasteiger partial charge in [0.1, 0.15) is 12.7 Å². The lowest BCUT2D eigenvalue weighted by Crippen LogP contribution is -2.44. The third-order valence-corrected chi connectivity index (χ3v) is 4.72. The lowest BCUT2D eigenvalue weighted by atomic mass is 9.96. The van der Waals surface area contributed by atoms with Gasteiger partial charge in [-0.25, -0.2) is 0 Å². The Hall–Kier alpha value is -2.24. The van der Waals surface area contributed by atoms with Crippen LogP contribution in [0.15, 0.2) is 48.5 Å². The van der Waals surface area contributed by atoms with Crippen LogP contribution >= 0.6 is 11.6 Å². The first kappa shape index (κ1) is 19.5. The number of hydrogen-bond donors (Lipinski definition) is 2. The summed E-state index contributed by atoms with van der Waals surface area (Å²) in [5.41, 5.74) is 1.11. The van der Waals surface area contributed by atoms with Crippen LogP contribution in [0.5, 0.6) is 11.5 Å². The molecular weight excluding hydrogens is 364 g/mol. The van der Waals surface area contributed by atoms with Crippen LogP contribution in [0.3, 0.4) is 0 Å². The second-order valence-corrected chi connectivity index (χ2v) is 7.39. The Morgan fingerprint density at radius 2 is 1.85 bits per heavy atom. The molecule has 1 aliphatic heterocycles. The Labute approximate surface area is 165 Å². The maximum atomic E-state index is 12.3. The molecule has 0 fully saturated rings. The molecule has 27 heavy (non-hydrogen) atoms. The fourth-order valence-corrected chi connectivity index (χ4v) is 3.19. The molecule has 2 aromatic carbocycles. The van der Waals surface area contributed by atoms with E-state index in [9.17, 15) is 4.79 Å². The number of halogens is 1. The first-order valence-corrected chi connectivity index (χ1v) is 9.54. The van der Waals surface area contributed by atoms with E-state index in [2.05, 4.69) is 24.5 Å². The smallest absolute Gasteiger partial charge is 0.234 e. The number of rotatable bonds is 7. The summed E-state index contributed by atoms with van der Waals surface area (Å²) in [5.74, 6) is 1.72. The highest BCUT2D eigenvalue weighted by atomic mass is 35.5. The lowest BCUT2D eigenvalue weighted by Gasteiger charge is -2.27. The van der Waals surface area contributed by atoms with E-state index in [0.717, 1.165) is 11.3 Å². The van der Waals surface area contributed by atoms with Crippen molar-refractivity contribution in [2.24, 2.45) is 5.92 Å². The van der Waals surface area contributed by atoms with E-state index in [-0.39, 0.29) is 24.6 Å². The van der Waals surface area contributed by atoms with Crippen molar-refractivity contribution < 1.29 is 14.3 Å². The second-order valence-electron chi connectivity index (χ2n) is 6.96. The van der Waals surface area contributed by atoms with E-state index in [4.69, 9.17) is 21.1 Å². The van der Waals surface area contributed by atoms with Crippen molar-refractivity contribution in [3.05, 3.63) is 59.1 Å². The largest absolute Gasteiger partial charge is 0.486 e. The van der Waals surface area contributed by atoms with Gasteiger partial charge in [-0.2, -0.15) is 0 Å². The molecule has 0 aromatic heterocycles. The minimum absolute atomic E-state index is 0.0722. The zero-order valence-electron chi connectivity index (χ0n) is 15.6. The molecule has 2 atom stereocenters. The Balaban J connectivity index is 1.47. The summed E-state index contributed by atoms with van der Waals surface area (Å²) in [6.07, 6.45) is -0.194. The summed E-state index contributed by atoms with van der Waals surface area (Å²) in [5, 5.41) is 6.95. The van der Waals surface area contributed by atoms with Crippen molar-refractivity contribution in [3.63, 3.8) is 0 Å². The van der Waals surface area contributed by atoms with Gasteiger partial charge in [-0.3, -0.25) is 4.79 Å². The molecule has 1 aliphatic rings. The maximum absolute atomic E-state index is 12.3. The summed E-state index contributed by atoms with van der Waals surface area (Å²) >= 11 is 5.96. The molecule has 3 rings (SSSR count). The van der Waals surface area contributed by atoms with Gasteiger partial charge in [0, 0.05) is 11.1 Å². The van der Waals surface area contributed by atoms with Crippen LogP contribution in [0.4, 0.5) is 0 Å². The first-order chi connectivity index (χ1) is 13.0. The maximum Gasteiger partial charge on any atom is 0.234 e. The number of hydrogen-bond acceptors (Lipinski definition) is 4. The molecule has 0 saturated carbocycles. The van der Waals surface area contributed by atoms with Gasteiger partial charge in [0.15, 0.2) is 11.5 Å². The number of ether oxygens (including phenoxy) is 2. The van der Waals surface area contributed by atoms with Crippen LogP contribution in [-0.2, 0) is 4.79 Å². The zero-order valence-corrected chi connectivity index (χ0v) is 16.3. The van der Waals surface area contributed by atoms with E-state index in [1.807, 2.05) is 48.5 Å². The van der Waals surface area contributed by atoms with Gasteiger partial charge in [-0.1, -0.05) is 49.7 Å². The average molecular weight is 389 g/mol. The molecule has 0 saturated heterocycles. The van der Waals surface area contributed by atoms with Crippen LogP contribution in [0, 0.1) is 5.92 Å². The molecule has 2 N–H and O–H groups in total. The minimum atomic E-state index is -0.194. The van der Waals surface area contributed by atoms with Crippen LogP contribution in [0.2, 0.25) is 5.02 Å². The van der Waals surface area contributed by atoms with E-state index in [0.29, 0.717) is 29.8 Å². The van der Waals surface area contributed by atoms with Crippen molar-refractivity contribution in [2.45, 2.75) is 26.0 Å².